The molecule has 1 aromatic carbocycles. The molecule has 0 bridgehead atoms. The van der Waals surface area contributed by atoms with Crippen molar-refractivity contribution in [2.75, 3.05) is 36.5 Å². The summed E-state index contributed by atoms with van der Waals surface area (Å²) in [5.74, 6) is -0.0205. The van der Waals surface area contributed by atoms with E-state index in [2.05, 4.69) is 10.2 Å². The van der Waals surface area contributed by atoms with E-state index in [0.29, 0.717) is 6.54 Å². The Morgan fingerprint density at radius 2 is 1.88 bits per heavy atom. The average Bonchev–Trinajstić information content (AvgIpc) is 2.60. The molecule has 1 saturated heterocycles. The smallest absolute Gasteiger partial charge is 0.290 e. The molecule has 5 nitrogen and oxygen atoms in total. The average molecular weight is 326 g/mol. The first-order chi connectivity index (χ1) is 11.6. The maximum Gasteiger partial charge on any atom is 0.290 e. The largest absolute Gasteiger partial charge is 0.378 e. The van der Waals surface area contributed by atoms with E-state index in [4.69, 9.17) is 4.74 Å². The van der Waals surface area contributed by atoms with Gasteiger partial charge in [0.15, 0.2) is 11.9 Å². The molecule has 1 aromatic heterocycles. The van der Waals surface area contributed by atoms with Gasteiger partial charge in [0, 0.05) is 43.0 Å². The van der Waals surface area contributed by atoms with Crippen molar-refractivity contribution in [3.63, 3.8) is 0 Å². The highest BCUT2D eigenvalue weighted by Gasteiger charge is 2.14. The summed E-state index contributed by atoms with van der Waals surface area (Å²) in [6, 6.07) is 12.0. The lowest BCUT2D eigenvalue weighted by molar-refractivity contribution is -0.690. The molecule has 24 heavy (non-hydrogen) atoms. The number of ether oxygens (including phenoxy) is 1. The van der Waals surface area contributed by atoms with Gasteiger partial charge in [-0.2, -0.15) is 4.57 Å². The summed E-state index contributed by atoms with van der Waals surface area (Å²) in [7, 11) is 0. The number of rotatable bonds is 4. The molecule has 1 fully saturated rings. The van der Waals surface area contributed by atoms with Crippen molar-refractivity contribution in [3.05, 3.63) is 53.9 Å². The van der Waals surface area contributed by atoms with Crippen LogP contribution in [-0.4, -0.2) is 32.2 Å². The number of anilines is 2. The van der Waals surface area contributed by atoms with Gasteiger partial charge in [-0.05, 0) is 37.3 Å². The Morgan fingerprint density at radius 3 is 2.58 bits per heavy atom. The van der Waals surface area contributed by atoms with Crippen LogP contribution < -0.4 is 14.8 Å². The van der Waals surface area contributed by atoms with Crippen LogP contribution in [-0.2, 0) is 16.1 Å². The number of nitrogens with zero attached hydrogens (tertiary/aromatic N) is 2. The molecule has 1 aliphatic heterocycles. The zero-order valence-corrected chi connectivity index (χ0v) is 14.3. The van der Waals surface area contributed by atoms with Crippen LogP contribution in [0.1, 0.15) is 11.3 Å². The fourth-order valence-electron chi connectivity index (χ4n) is 2.85. The van der Waals surface area contributed by atoms with E-state index < -0.39 is 0 Å². The van der Waals surface area contributed by atoms with E-state index in [1.807, 2.05) is 61.0 Å². The van der Waals surface area contributed by atoms with E-state index >= 15 is 0 Å². The first-order valence-electron chi connectivity index (χ1n) is 8.32. The minimum atomic E-state index is -0.0205. The van der Waals surface area contributed by atoms with E-state index in [1.54, 1.807) is 0 Å². The number of carbonyl (C=O) groups excluding carboxylic acids is 1. The minimum Gasteiger partial charge on any atom is -0.378 e. The molecule has 1 N–H and O–H groups in total. The van der Waals surface area contributed by atoms with E-state index in [0.717, 1.165) is 37.7 Å². The van der Waals surface area contributed by atoms with Gasteiger partial charge in [-0.3, -0.25) is 4.79 Å². The number of aromatic nitrogens is 1. The number of hydrogen-bond acceptors (Lipinski definition) is 3. The van der Waals surface area contributed by atoms with E-state index in [1.165, 1.54) is 11.3 Å². The maximum atomic E-state index is 12.3. The van der Waals surface area contributed by atoms with Crippen molar-refractivity contribution in [2.24, 2.45) is 0 Å². The lowest BCUT2D eigenvalue weighted by Crippen LogP contribution is -2.43. The zero-order valence-electron chi connectivity index (χ0n) is 14.3. The van der Waals surface area contributed by atoms with E-state index in [-0.39, 0.29) is 5.91 Å². The predicted octanol–water partition coefficient (Wildman–Crippen LogP) is 2.07. The molecular weight excluding hydrogens is 302 g/mol. The van der Waals surface area contributed by atoms with Crippen molar-refractivity contribution in [3.8, 4) is 0 Å². The molecule has 0 saturated carbocycles. The predicted molar refractivity (Wildman–Crippen MR) is 94.2 cm³/mol. The first-order valence-corrected chi connectivity index (χ1v) is 8.32. The third kappa shape index (κ3) is 3.92. The Labute approximate surface area is 142 Å². The molecule has 126 valence electrons. The SMILES string of the molecule is Cc1ccc[n+](CC(=O)Nc2ccc(N3CCOCC3)cc2)c1C. The van der Waals surface area contributed by atoms with E-state index in [9.17, 15) is 4.79 Å². The third-order valence-corrected chi connectivity index (χ3v) is 4.45. The topological polar surface area (TPSA) is 45.5 Å². The molecule has 3 rings (SSSR count). The molecule has 0 unspecified atom stereocenters. The summed E-state index contributed by atoms with van der Waals surface area (Å²) >= 11 is 0. The van der Waals surface area contributed by atoms with Crippen LogP contribution in [0.3, 0.4) is 0 Å². The summed E-state index contributed by atoms with van der Waals surface area (Å²) in [6.45, 7) is 7.76. The summed E-state index contributed by atoms with van der Waals surface area (Å²) < 4.78 is 7.34. The molecule has 2 aromatic rings. The van der Waals surface area contributed by atoms with Crippen LogP contribution in [0.15, 0.2) is 42.6 Å². The molecule has 1 aliphatic rings. The zero-order chi connectivity index (χ0) is 16.9. The van der Waals surface area contributed by atoms with Crippen LogP contribution in [0, 0.1) is 13.8 Å². The highest BCUT2D eigenvalue weighted by atomic mass is 16.5. The van der Waals surface area contributed by atoms with Crippen molar-refractivity contribution in [1.82, 2.24) is 0 Å². The summed E-state index contributed by atoms with van der Waals surface area (Å²) in [6.07, 6.45) is 1.93. The van der Waals surface area contributed by atoms with Gasteiger partial charge in [-0.1, -0.05) is 0 Å². The van der Waals surface area contributed by atoms with Crippen LogP contribution in [0.25, 0.3) is 0 Å². The number of carbonyl (C=O) groups is 1. The van der Waals surface area contributed by atoms with Gasteiger partial charge >= 0.3 is 0 Å². The second-order valence-electron chi connectivity index (χ2n) is 6.10. The molecule has 0 radical (unpaired) electrons. The highest BCUT2D eigenvalue weighted by molar-refractivity contribution is 5.89. The van der Waals surface area contributed by atoms with Crippen LogP contribution in [0.4, 0.5) is 11.4 Å². The van der Waals surface area contributed by atoms with Crippen molar-refractivity contribution >= 4 is 17.3 Å². The van der Waals surface area contributed by atoms with Gasteiger partial charge in [0.25, 0.3) is 5.91 Å². The summed E-state index contributed by atoms with van der Waals surface area (Å²) in [4.78, 5) is 14.6. The number of amides is 1. The normalized spacial score (nSPS) is 14.5. The molecule has 2 heterocycles. The second kappa shape index (κ2) is 7.45. The maximum absolute atomic E-state index is 12.3. The van der Waals surface area contributed by atoms with Gasteiger partial charge in [-0.15, -0.1) is 0 Å². The third-order valence-electron chi connectivity index (χ3n) is 4.45. The molecular formula is C19H24N3O2+. The monoisotopic (exact) mass is 326 g/mol. The van der Waals surface area contributed by atoms with Crippen molar-refractivity contribution in [2.45, 2.75) is 20.4 Å². The van der Waals surface area contributed by atoms with Crippen LogP contribution >= 0.6 is 0 Å². The minimum absolute atomic E-state index is 0.0205. The number of pyridine rings is 1. The Morgan fingerprint density at radius 1 is 1.17 bits per heavy atom. The van der Waals surface area contributed by atoms with Crippen molar-refractivity contribution < 1.29 is 14.1 Å². The Bertz CT molecular complexity index is 707. The fourth-order valence-corrected chi connectivity index (χ4v) is 2.85. The lowest BCUT2D eigenvalue weighted by Gasteiger charge is -2.28. The lowest BCUT2D eigenvalue weighted by atomic mass is 10.2. The molecule has 0 spiro atoms. The fraction of sp³-hybridized carbons (Fsp3) is 0.368. The Balaban J connectivity index is 1.61. The van der Waals surface area contributed by atoms with Crippen LogP contribution in [0.5, 0.6) is 0 Å². The number of aryl methyl sites for hydroxylation is 1. The quantitative estimate of drug-likeness (QED) is 0.875. The van der Waals surface area contributed by atoms with Gasteiger partial charge in [0.05, 0.1) is 13.2 Å². The first kappa shape index (κ1) is 16.5. The number of morpholine rings is 1. The standard InChI is InChI=1S/C19H23N3O2/c1-15-4-3-9-22(16(15)2)14-19(23)20-17-5-7-18(8-6-17)21-10-12-24-13-11-21/h3-9H,10-14H2,1-2H3/p+1. The van der Waals surface area contributed by atoms with Crippen LogP contribution in [0.2, 0.25) is 0 Å². The van der Waals surface area contributed by atoms with Gasteiger partial charge < -0.3 is 15.0 Å². The van der Waals surface area contributed by atoms with Crippen molar-refractivity contribution in [1.29, 1.82) is 0 Å². The van der Waals surface area contributed by atoms with Gasteiger partial charge in [0.1, 0.15) is 0 Å². The molecule has 0 aliphatic carbocycles. The molecule has 1 amide bonds. The molecule has 5 heteroatoms. The number of benzene rings is 1. The van der Waals surface area contributed by atoms with Gasteiger partial charge in [0.2, 0.25) is 6.54 Å². The summed E-state index contributed by atoms with van der Waals surface area (Å²) in [5, 5.41) is 2.96. The molecule has 0 atom stereocenters. The Hall–Kier alpha value is -2.40. The number of hydrogen-bond donors (Lipinski definition) is 1. The van der Waals surface area contributed by atoms with Gasteiger partial charge in [-0.25, -0.2) is 0 Å². The highest BCUT2D eigenvalue weighted by Crippen LogP contribution is 2.18. The Kier molecular flexibility index (Phi) is 5.11. The number of nitrogens with one attached hydrogen (secondary N) is 1. The second-order valence-corrected chi connectivity index (χ2v) is 6.10. The summed E-state index contributed by atoms with van der Waals surface area (Å²) in [5.41, 5.74) is 4.28.